The Bertz CT molecular complexity index is 445. The molecule has 5 nitrogen and oxygen atoms in total. The summed E-state index contributed by atoms with van der Waals surface area (Å²) in [5.74, 6) is 0.804. The fourth-order valence-corrected chi connectivity index (χ4v) is 1.98. The number of rotatable bonds is 7. The molecule has 20 heavy (non-hydrogen) atoms. The largest absolute Gasteiger partial charge is 0.493 e. The minimum atomic E-state index is -0.583. The van der Waals surface area contributed by atoms with Crippen LogP contribution < -0.4 is 14.8 Å². The summed E-state index contributed by atoms with van der Waals surface area (Å²) in [5.41, 5.74) is 0.707. The van der Waals surface area contributed by atoms with Crippen LogP contribution in [0.2, 0.25) is 0 Å². The van der Waals surface area contributed by atoms with Crippen LogP contribution in [0.25, 0.3) is 0 Å². The van der Waals surface area contributed by atoms with Crippen molar-refractivity contribution in [3.8, 4) is 11.5 Å². The molecule has 1 unspecified atom stereocenters. The third-order valence-electron chi connectivity index (χ3n) is 2.77. The molecule has 112 valence electrons. The first kappa shape index (κ1) is 16.3. The molecular formula is C15H23NO4. The fraction of sp³-hybridized carbons (Fsp3) is 0.533. The van der Waals surface area contributed by atoms with E-state index in [2.05, 4.69) is 5.32 Å². The summed E-state index contributed by atoms with van der Waals surface area (Å²) in [6, 6.07) is 4.99. The predicted molar refractivity (Wildman–Crippen MR) is 77.2 cm³/mol. The highest BCUT2D eigenvalue weighted by atomic mass is 16.5. The Morgan fingerprint density at radius 1 is 1.25 bits per heavy atom. The number of methoxy groups -OCH3 is 2. The Balaban J connectivity index is 3.22. The van der Waals surface area contributed by atoms with Gasteiger partial charge in [-0.2, -0.15) is 0 Å². The van der Waals surface area contributed by atoms with E-state index in [0.717, 1.165) is 0 Å². The number of nitrogens with one attached hydrogen (secondary N) is 1. The van der Waals surface area contributed by atoms with Gasteiger partial charge in [-0.25, -0.2) is 4.79 Å². The van der Waals surface area contributed by atoms with Crippen LogP contribution in [0.1, 0.15) is 32.4 Å². The van der Waals surface area contributed by atoms with Gasteiger partial charge in [0.1, 0.15) is 6.04 Å². The van der Waals surface area contributed by atoms with Crippen molar-refractivity contribution in [2.45, 2.75) is 32.9 Å². The van der Waals surface area contributed by atoms with Crippen LogP contribution in [0.15, 0.2) is 18.2 Å². The van der Waals surface area contributed by atoms with E-state index in [1.54, 1.807) is 27.2 Å². The molecule has 1 aromatic rings. The Kier molecular flexibility index (Phi) is 6.31. The second-order valence-electron chi connectivity index (χ2n) is 4.59. The summed E-state index contributed by atoms with van der Waals surface area (Å²) in [4.78, 5) is 12.2. The Morgan fingerprint density at radius 3 is 2.45 bits per heavy atom. The maximum Gasteiger partial charge on any atom is 0.327 e. The molecule has 0 aliphatic heterocycles. The first-order valence-corrected chi connectivity index (χ1v) is 6.68. The lowest BCUT2D eigenvalue weighted by atomic mass is 10.0. The van der Waals surface area contributed by atoms with Gasteiger partial charge in [0.25, 0.3) is 0 Å². The molecule has 0 spiro atoms. The Morgan fingerprint density at radius 2 is 1.95 bits per heavy atom. The van der Waals surface area contributed by atoms with Crippen LogP contribution in [0.4, 0.5) is 0 Å². The summed E-state index contributed by atoms with van der Waals surface area (Å²) < 4.78 is 15.8. The molecular weight excluding hydrogens is 258 g/mol. The molecule has 0 saturated heterocycles. The molecule has 1 N–H and O–H groups in total. The second-order valence-corrected chi connectivity index (χ2v) is 4.59. The van der Waals surface area contributed by atoms with E-state index < -0.39 is 6.04 Å². The van der Waals surface area contributed by atoms with Gasteiger partial charge < -0.3 is 14.2 Å². The average molecular weight is 281 g/mol. The van der Waals surface area contributed by atoms with Gasteiger partial charge in [-0.3, -0.25) is 5.32 Å². The van der Waals surface area contributed by atoms with Crippen molar-refractivity contribution in [3.05, 3.63) is 23.8 Å². The zero-order valence-corrected chi connectivity index (χ0v) is 12.7. The zero-order valence-electron chi connectivity index (χ0n) is 12.7. The molecule has 0 aliphatic carbocycles. The summed E-state index contributed by atoms with van der Waals surface area (Å²) in [6.07, 6.45) is 0. The number of hydrogen-bond donors (Lipinski definition) is 1. The lowest BCUT2D eigenvalue weighted by molar-refractivity contribution is -0.146. The number of carbonyl (C=O) groups excluding carboxylic acids is 1. The van der Waals surface area contributed by atoms with Crippen LogP contribution >= 0.6 is 0 Å². The minimum Gasteiger partial charge on any atom is -0.493 e. The van der Waals surface area contributed by atoms with Crippen molar-refractivity contribution in [2.75, 3.05) is 20.8 Å². The van der Waals surface area contributed by atoms with Crippen LogP contribution in [0, 0.1) is 0 Å². The number of esters is 1. The molecule has 0 heterocycles. The summed E-state index contributed by atoms with van der Waals surface area (Å²) in [7, 11) is 3.12. The minimum absolute atomic E-state index is 0.125. The number of carbonyl (C=O) groups is 1. The molecule has 5 heteroatoms. The van der Waals surface area contributed by atoms with Gasteiger partial charge in [0.15, 0.2) is 11.5 Å². The van der Waals surface area contributed by atoms with Gasteiger partial charge in [0, 0.05) is 11.6 Å². The average Bonchev–Trinajstić information content (AvgIpc) is 2.43. The van der Waals surface area contributed by atoms with Gasteiger partial charge >= 0.3 is 5.97 Å². The molecule has 0 fully saturated rings. The third kappa shape index (κ3) is 3.87. The van der Waals surface area contributed by atoms with Gasteiger partial charge in [-0.05, 0) is 26.8 Å². The van der Waals surface area contributed by atoms with Crippen molar-refractivity contribution in [1.29, 1.82) is 0 Å². The van der Waals surface area contributed by atoms with E-state index in [9.17, 15) is 4.79 Å². The molecule has 0 bridgehead atoms. The molecule has 0 saturated carbocycles. The molecule has 0 amide bonds. The highest BCUT2D eigenvalue weighted by Gasteiger charge is 2.27. The summed E-state index contributed by atoms with van der Waals surface area (Å²) in [5, 5.41) is 3.20. The number of ether oxygens (including phenoxy) is 3. The van der Waals surface area contributed by atoms with Crippen molar-refractivity contribution in [1.82, 2.24) is 5.32 Å². The van der Waals surface area contributed by atoms with Crippen molar-refractivity contribution >= 4 is 5.97 Å². The van der Waals surface area contributed by atoms with E-state index >= 15 is 0 Å². The van der Waals surface area contributed by atoms with Gasteiger partial charge in [0.2, 0.25) is 0 Å². The van der Waals surface area contributed by atoms with E-state index in [0.29, 0.717) is 23.7 Å². The molecule has 0 radical (unpaired) electrons. The first-order chi connectivity index (χ1) is 9.54. The molecule has 0 aromatic heterocycles. The Labute approximate surface area is 120 Å². The van der Waals surface area contributed by atoms with Gasteiger partial charge in [-0.1, -0.05) is 12.1 Å². The highest BCUT2D eigenvalue weighted by molar-refractivity contribution is 5.79. The SMILES string of the molecule is CCOC(=O)C(NC(C)C)c1cccc(OC)c1OC. The van der Waals surface area contributed by atoms with E-state index in [-0.39, 0.29) is 12.0 Å². The van der Waals surface area contributed by atoms with Crippen LogP contribution in [-0.4, -0.2) is 32.8 Å². The lowest BCUT2D eigenvalue weighted by Gasteiger charge is -2.22. The monoisotopic (exact) mass is 281 g/mol. The number of benzene rings is 1. The maximum absolute atomic E-state index is 12.2. The maximum atomic E-state index is 12.2. The summed E-state index contributed by atoms with van der Waals surface area (Å²) in [6.45, 7) is 6.06. The fourth-order valence-electron chi connectivity index (χ4n) is 1.98. The van der Waals surface area contributed by atoms with Crippen molar-refractivity contribution in [2.24, 2.45) is 0 Å². The molecule has 0 aliphatic rings. The molecule has 1 atom stereocenters. The first-order valence-electron chi connectivity index (χ1n) is 6.68. The van der Waals surface area contributed by atoms with E-state index in [1.165, 1.54) is 0 Å². The van der Waals surface area contributed by atoms with Crippen LogP contribution in [0.5, 0.6) is 11.5 Å². The second kappa shape index (κ2) is 7.75. The normalized spacial score (nSPS) is 12.1. The predicted octanol–water partition coefficient (Wildman–Crippen LogP) is 2.31. The van der Waals surface area contributed by atoms with Crippen LogP contribution in [-0.2, 0) is 9.53 Å². The standard InChI is InChI=1S/C15H23NO4/c1-6-20-15(17)13(16-10(2)3)11-8-7-9-12(18-4)14(11)19-5/h7-10,13,16H,6H2,1-5H3. The van der Waals surface area contributed by atoms with E-state index in [1.807, 2.05) is 26.0 Å². The van der Waals surface area contributed by atoms with Gasteiger partial charge in [-0.15, -0.1) is 0 Å². The van der Waals surface area contributed by atoms with Gasteiger partial charge in [0.05, 0.1) is 20.8 Å². The summed E-state index contributed by atoms with van der Waals surface area (Å²) >= 11 is 0. The highest BCUT2D eigenvalue weighted by Crippen LogP contribution is 2.35. The zero-order chi connectivity index (χ0) is 15.1. The smallest absolute Gasteiger partial charge is 0.327 e. The third-order valence-corrected chi connectivity index (χ3v) is 2.77. The van der Waals surface area contributed by atoms with Crippen molar-refractivity contribution < 1.29 is 19.0 Å². The molecule has 1 rings (SSSR count). The Hall–Kier alpha value is -1.75. The quantitative estimate of drug-likeness (QED) is 0.777. The number of hydrogen-bond acceptors (Lipinski definition) is 5. The van der Waals surface area contributed by atoms with E-state index in [4.69, 9.17) is 14.2 Å². The van der Waals surface area contributed by atoms with Crippen molar-refractivity contribution in [3.63, 3.8) is 0 Å². The number of para-hydroxylation sites is 1. The topological polar surface area (TPSA) is 56.8 Å². The molecule has 1 aromatic carbocycles. The van der Waals surface area contributed by atoms with Crippen LogP contribution in [0.3, 0.4) is 0 Å². The lowest BCUT2D eigenvalue weighted by Crippen LogP contribution is -2.35.